The van der Waals surface area contributed by atoms with Crippen molar-refractivity contribution in [3.05, 3.63) is 95.1 Å². The molecule has 0 heterocycles. The fraction of sp³-hybridized carbons (Fsp3) is 0.382. The summed E-state index contributed by atoms with van der Waals surface area (Å²) >= 11 is 0. The Bertz CT molecular complexity index is 1400. The summed E-state index contributed by atoms with van der Waals surface area (Å²) in [4.78, 5) is 43.3. The molecule has 1 saturated carbocycles. The lowest BCUT2D eigenvalue weighted by Crippen LogP contribution is -2.54. The molecule has 3 aromatic rings. The topological polar surface area (TPSA) is 108 Å². The van der Waals surface area contributed by atoms with E-state index in [0.29, 0.717) is 11.3 Å². The number of benzene rings is 3. The Morgan fingerprint density at radius 3 is 2.10 bits per heavy atom. The molecular formula is C34H41N3O5. The third-order valence-corrected chi connectivity index (χ3v) is 7.42. The van der Waals surface area contributed by atoms with Crippen molar-refractivity contribution in [1.29, 1.82) is 0 Å². The Morgan fingerprint density at radius 2 is 1.55 bits per heavy atom. The second-order valence-corrected chi connectivity index (χ2v) is 12.2. The summed E-state index contributed by atoms with van der Waals surface area (Å²) in [7, 11) is 0. The van der Waals surface area contributed by atoms with Crippen LogP contribution in [0.25, 0.3) is 0 Å². The number of carbonyl (C=O) groups is 3. The molecule has 0 radical (unpaired) electrons. The predicted octanol–water partition coefficient (Wildman–Crippen LogP) is 6.06. The van der Waals surface area contributed by atoms with Crippen molar-refractivity contribution in [2.75, 3.05) is 5.32 Å². The lowest BCUT2D eigenvalue weighted by Gasteiger charge is -2.35. The molecule has 1 aliphatic rings. The fourth-order valence-corrected chi connectivity index (χ4v) is 5.15. The summed E-state index contributed by atoms with van der Waals surface area (Å²) in [6, 6.07) is 19.3. The van der Waals surface area contributed by atoms with E-state index in [0.717, 1.165) is 23.1 Å². The standard InChI is InChI=1S/C34H41N3O5/c1-21-11-10-12-22(2)29(21)36-31(39)30(25-15-17-26(38)18-16-25)37(28-19-23(28)3)32(40)27(20-24-13-8-7-9-14-24)35-33(41)42-34(4,5)6/h7-18,23,27-28,30,38H,19-20H2,1-6H3,(H,35,41)(H,36,39). The molecule has 222 valence electrons. The molecule has 0 aromatic heterocycles. The maximum atomic E-state index is 14.6. The zero-order valence-electron chi connectivity index (χ0n) is 25.2. The Kier molecular flexibility index (Phi) is 9.24. The quantitative estimate of drug-likeness (QED) is 0.289. The molecule has 42 heavy (non-hydrogen) atoms. The number of carbonyl (C=O) groups excluding carboxylic acids is 3. The summed E-state index contributed by atoms with van der Waals surface area (Å²) in [6.07, 6.45) is 0.237. The molecule has 0 spiro atoms. The van der Waals surface area contributed by atoms with Gasteiger partial charge >= 0.3 is 6.09 Å². The van der Waals surface area contributed by atoms with Gasteiger partial charge in [-0.25, -0.2) is 4.79 Å². The molecule has 0 bridgehead atoms. The van der Waals surface area contributed by atoms with Crippen molar-refractivity contribution < 1.29 is 24.2 Å². The first-order valence-electron chi connectivity index (χ1n) is 14.4. The summed E-state index contributed by atoms with van der Waals surface area (Å²) in [5.41, 5.74) is 3.15. The largest absolute Gasteiger partial charge is 0.508 e. The number of alkyl carbamates (subject to hydrolysis) is 1. The molecule has 0 aliphatic heterocycles. The number of phenolic OH excluding ortho intramolecular Hbond substituents is 1. The van der Waals surface area contributed by atoms with E-state index in [4.69, 9.17) is 4.74 Å². The van der Waals surface area contributed by atoms with E-state index in [1.807, 2.05) is 69.3 Å². The highest BCUT2D eigenvalue weighted by Gasteiger charge is 2.48. The summed E-state index contributed by atoms with van der Waals surface area (Å²) in [5.74, 6) is -0.533. The van der Waals surface area contributed by atoms with Crippen molar-refractivity contribution >= 4 is 23.6 Å². The maximum Gasteiger partial charge on any atom is 0.408 e. The summed E-state index contributed by atoms with van der Waals surface area (Å²) in [6.45, 7) is 11.2. The van der Waals surface area contributed by atoms with E-state index in [1.54, 1.807) is 37.8 Å². The second-order valence-electron chi connectivity index (χ2n) is 12.2. The number of aryl methyl sites for hydroxylation is 2. The van der Waals surface area contributed by atoms with E-state index in [1.165, 1.54) is 12.1 Å². The monoisotopic (exact) mass is 571 g/mol. The van der Waals surface area contributed by atoms with Crippen molar-refractivity contribution in [2.45, 2.75) is 78.1 Å². The number of hydrogen-bond donors (Lipinski definition) is 3. The molecular weight excluding hydrogens is 530 g/mol. The molecule has 0 saturated heterocycles. The van der Waals surface area contributed by atoms with Gasteiger partial charge < -0.3 is 25.4 Å². The first-order valence-corrected chi connectivity index (χ1v) is 14.4. The number of ether oxygens (including phenoxy) is 1. The van der Waals surface area contributed by atoms with Crippen molar-refractivity contribution in [3.8, 4) is 5.75 Å². The molecule has 8 nitrogen and oxygen atoms in total. The molecule has 4 atom stereocenters. The van der Waals surface area contributed by atoms with E-state index < -0.39 is 23.8 Å². The van der Waals surface area contributed by atoms with Gasteiger partial charge in [-0.2, -0.15) is 0 Å². The van der Waals surface area contributed by atoms with E-state index in [-0.39, 0.29) is 35.9 Å². The van der Waals surface area contributed by atoms with Gasteiger partial charge in [-0.3, -0.25) is 9.59 Å². The van der Waals surface area contributed by atoms with Crippen LogP contribution in [-0.2, 0) is 20.7 Å². The summed E-state index contributed by atoms with van der Waals surface area (Å²) in [5, 5.41) is 15.9. The SMILES string of the molecule is Cc1cccc(C)c1NC(=O)C(c1ccc(O)cc1)N(C(=O)C(Cc1ccccc1)NC(=O)OC(C)(C)C)C1CC1C. The van der Waals surface area contributed by atoms with E-state index >= 15 is 0 Å². The first-order chi connectivity index (χ1) is 19.8. The lowest BCUT2D eigenvalue weighted by atomic mass is 9.99. The fourth-order valence-electron chi connectivity index (χ4n) is 5.15. The van der Waals surface area contributed by atoms with Crippen LogP contribution in [0.3, 0.4) is 0 Å². The Morgan fingerprint density at radius 1 is 0.952 bits per heavy atom. The van der Waals surface area contributed by atoms with Gasteiger partial charge in [-0.05, 0) is 81.3 Å². The number of rotatable bonds is 9. The number of amides is 3. The Labute approximate surface area is 248 Å². The smallest absolute Gasteiger partial charge is 0.408 e. The highest BCUT2D eigenvalue weighted by Crippen LogP contribution is 2.41. The van der Waals surface area contributed by atoms with Crippen LogP contribution in [-0.4, -0.2) is 45.6 Å². The van der Waals surface area contributed by atoms with E-state index in [9.17, 15) is 19.5 Å². The first kappa shape index (κ1) is 30.6. The minimum atomic E-state index is -1.01. The third-order valence-electron chi connectivity index (χ3n) is 7.42. The van der Waals surface area contributed by atoms with Crippen LogP contribution in [0.5, 0.6) is 5.75 Å². The molecule has 4 unspecified atom stereocenters. The average Bonchev–Trinajstić information content (AvgIpc) is 3.64. The molecule has 1 fully saturated rings. The molecule has 3 amide bonds. The zero-order valence-corrected chi connectivity index (χ0v) is 25.2. The van der Waals surface area contributed by atoms with Gasteiger partial charge in [0.15, 0.2) is 0 Å². The minimum absolute atomic E-state index is 0.0545. The van der Waals surface area contributed by atoms with Crippen LogP contribution in [0.15, 0.2) is 72.8 Å². The van der Waals surface area contributed by atoms with E-state index in [2.05, 4.69) is 10.6 Å². The minimum Gasteiger partial charge on any atom is -0.508 e. The third kappa shape index (κ3) is 7.69. The number of nitrogens with one attached hydrogen (secondary N) is 2. The maximum absolute atomic E-state index is 14.6. The van der Waals surface area contributed by atoms with Gasteiger partial charge in [0.1, 0.15) is 23.4 Å². The zero-order chi connectivity index (χ0) is 30.6. The number of aromatic hydroxyl groups is 1. The van der Waals surface area contributed by atoms with Gasteiger partial charge in [0.05, 0.1) is 0 Å². The molecule has 4 rings (SSSR count). The van der Waals surface area contributed by atoms with Gasteiger partial charge in [-0.15, -0.1) is 0 Å². The van der Waals surface area contributed by atoms with Crippen molar-refractivity contribution in [3.63, 3.8) is 0 Å². The van der Waals surface area contributed by atoms with Crippen LogP contribution in [0, 0.1) is 19.8 Å². The number of hydrogen-bond acceptors (Lipinski definition) is 5. The van der Waals surface area contributed by atoms with Crippen LogP contribution < -0.4 is 10.6 Å². The summed E-state index contributed by atoms with van der Waals surface area (Å²) < 4.78 is 5.52. The number of nitrogens with zero attached hydrogens (tertiary/aromatic N) is 1. The van der Waals surface area contributed by atoms with Crippen LogP contribution >= 0.6 is 0 Å². The molecule has 8 heteroatoms. The normalized spacial score (nSPS) is 17.5. The highest BCUT2D eigenvalue weighted by atomic mass is 16.6. The second kappa shape index (κ2) is 12.7. The number of anilines is 1. The molecule has 3 aromatic carbocycles. The average molecular weight is 572 g/mol. The van der Waals surface area contributed by atoms with Gasteiger partial charge in [0.25, 0.3) is 5.91 Å². The van der Waals surface area contributed by atoms with Gasteiger partial charge in [0.2, 0.25) is 5.91 Å². The van der Waals surface area contributed by atoms with Crippen molar-refractivity contribution in [1.82, 2.24) is 10.2 Å². The van der Waals surface area contributed by atoms with Gasteiger partial charge in [0, 0.05) is 18.2 Å². The highest BCUT2D eigenvalue weighted by molar-refractivity contribution is 6.00. The molecule has 1 aliphatic carbocycles. The number of para-hydroxylation sites is 1. The Balaban J connectivity index is 1.76. The van der Waals surface area contributed by atoms with Crippen LogP contribution in [0.1, 0.15) is 62.4 Å². The number of phenols is 1. The van der Waals surface area contributed by atoms with Crippen molar-refractivity contribution in [2.24, 2.45) is 5.92 Å². The van der Waals surface area contributed by atoms with Gasteiger partial charge in [-0.1, -0.05) is 67.6 Å². The lowest BCUT2D eigenvalue weighted by molar-refractivity contribution is -0.141. The molecule has 3 N–H and O–H groups in total. The van der Waals surface area contributed by atoms with Crippen LogP contribution in [0.4, 0.5) is 10.5 Å². The van der Waals surface area contributed by atoms with Crippen LogP contribution in [0.2, 0.25) is 0 Å². The predicted molar refractivity (Wildman–Crippen MR) is 163 cm³/mol. The Hall–Kier alpha value is -4.33.